The summed E-state index contributed by atoms with van der Waals surface area (Å²) in [4.78, 5) is 11.6. The Morgan fingerprint density at radius 1 is 0.833 bits per heavy atom. The van der Waals surface area contributed by atoms with E-state index in [0.717, 1.165) is 36.8 Å². The highest BCUT2D eigenvalue weighted by Crippen LogP contribution is 2.27. The highest BCUT2D eigenvalue weighted by molar-refractivity contribution is 5.96. The van der Waals surface area contributed by atoms with Crippen molar-refractivity contribution in [3.8, 4) is 11.1 Å². The Hall–Kier alpha value is -2.09. The van der Waals surface area contributed by atoms with Crippen molar-refractivity contribution in [3.63, 3.8) is 0 Å². The number of carboxylic acids is 1. The fourth-order valence-electron chi connectivity index (χ4n) is 2.98. The molecule has 24 heavy (non-hydrogen) atoms. The highest BCUT2D eigenvalue weighted by Gasteiger charge is 2.12. The fraction of sp³-hybridized carbons (Fsp3) is 0.409. The Morgan fingerprint density at radius 2 is 1.46 bits per heavy atom. The molecular formula is C22H28O2. The summed E-state index contributed by atoms with van der Waals surface area (Å²) in [5.74, 6) is -0.862. The number of aromatic carboxylic acids is 1. The van der Waals surface area contributed by atoms with E-state index in [2.05, 4.69) is 38.1 Å². The molecule has 0 heterocycles. The van der Waals surface area contributed by atoms with Gasteiger partial charge < -0.3 is 5.11 Å². The molecule has 2 aromatic rings. The normalized spacial score (nSPS) is 10.8. The Kier molecular flexibility index (Phi) is 7.05. The molecule has 2 aromatic carbocycles. The fourth-order valence-corrected chi connectivity index (χ4v) is 2.98. The summed E-state index contributed by atoms with van der Waals surface area (Å²) in [5.41, 5.74) is 4.74. The SMILES string of the molecule is CCCCCc1ccc(-c2cc(CCCC)ccc2C(=O)O)cc1. The van der Waals surface area contributed by atoms with Crippen molar-refractivity contribution in [2.24, 2.45) is 0 Å². The van der Waals surface area contributed by atoms with Crippen LogP contribution in [0.1, 0.15) is 67.4 Å². The standard InChI is InChI=1S/C22H28O2/c1-3-5-7-9-17-10-13-19(14-11-17)21-16-18(8-6-4-2)12-15-20(21)22(23)24/h10-16H,3-9H2,1-2H3,(H,23,24). The van der Waals surface area contributed by atoms with E-state index in [0.29, 0.717) is 5.56 Å². The first-order valence-electron chi connectivity index (χ1n) is 9.11. The van der Waals surface area contributed by atoms with Crippen LogP contribution in [0.2, 0.25) is 0 Å². The van der Waals surface area contributed by atoms with Gasteiger partial charge in [0.1, 0.15) is 0 Å². The molecule has 0 unspecified atom stereocenters. The van der Waals surface area contributed by atoms with Gasteiger partial charge >= 0.3 is 5.97 Å². The predicted octanol–water partition coefficient (Wildman–Crippen LogP) is 6.13. The van der Waals surface area contributed by atoms with E-state index >= 15 is 0 Å². The van der Waals surface area contributed by atoms with Crippen LogP contribution in [-0.2, 0) is 12.8 Å². The molecule has 0 spiro atoms. The number of carboxylic acid groups (broad SMARTS) is 1. The van der Waals surface area contributed by atoms with Crippen LogP contribution < -0.4 is 0 Å². The number of hydrogen-bond acceptors (Lipinski definition) is 1. The van der Waals surface area contributed by atoms with E-state index in [9.17, 15) is 9.90 Å². The van der Waals surface area contributed by atoms with Gasteiger partial charge in [-0.2, -0.15) is 0 Å². The first-order chi connectivity index (χ1) is 11.7. The van der Waals surface area contributed by atoms with Crippen LogP contribution in [0.3, 0.4) is 0 Å². The second-order valence-electron chi connectivity index (χ2n) is 6.44. The summed E-state index contributed by atoms with van der Waals surface area (Å²) in [6.45, 7) is 4.38. The number of hydrogen-bond donors (Lipinski definition) is 1. The number of unbranched alkanes of at least 4 members (excludes halogenated alkanes) is 3. The lowest BCUT2D eigenvalue weighted by molar-refractivity contribution is 0.0697. The minimum absolute atomic E-state index is 0.383. The third kappa shape index (κ3) is 4.95. The van der Waals surface area contributed by atoms with Crippen molar-refractivity contribution in [2.45, 2.75) is 58.8 Å². The third-order valence-electron chi connectivity index (χ3n) is 4.47. The number of carbonyl (C=O) groups is 1. The number of rotatable bonds is 9. The average molecular weight is 324 g/mol. The number of benzene rings is 2. The molecule has 128 valence electrons. The van der Waals surface area contributed by atoms with Crippen molar-refractivity contribution in [2.75, 3.05) is 0 Å². The maximum absolute atomic E-state index is 11.6. The number of aryl methyl sites for hydroxylation is 2. The minimum Gasteiger partial charge on any atom is -0.478 e. The summed E-state index contributed by atoms with van der Waals surface area (Å²) in [5, 5.41) is 9.49. The van der Waals surface area contributed by atoms with Gasteiger partial charge in [-0.25, -0.2) is 4.79 Å². The Labute approximate surface area is 145 Å². The lowest BCUT2D eigenvalue weighted by atomic mass is 9.94. The maximum Gasteiger partial charge on any atom is 0.336 e. The zero-order valence-electron chi connectivity index (χ0n) is 14.8. The summed E-state index contributed by atoms with van der Waals surface area (Å²) >= 11 is 0. The van der Waals surface area contributed by atoms with E-state index in [1.165, 1.54) is 30.4 Å². The van der Waals surface area contributed by atoms with Gasteiger partial charge in [0, 0.05) is 0 Å². The molecule has 2 rings (SSSR count). The average Bonchev–Trinajstić information content (AvgIpc) is 2.60. The summed E-state index contributed by atoms with van der Waals surface area (Å²) in [6, 6.07) is 14.1. The molecule has 0 aliphatic carbocycles. The zero-order valence-corrected chi connectivity index (χ0v) is 14.8. The van der Waals surface area contributed by atoms with Gasteiger partial charge in [0.05, 0.1) is 5.56 Å². The molecule has 1 N–H and O–H groups in total. The van der Waals surface area contributed by atoms with E-state index < -0.39 is 5.97 Å². The van der Waals surface area contributed by atoms with Crippen molar-refractivity contribution in [1.82, 2.24) is 0 Å². The van der Waals surface area contributed by atoms with Gasteiger partial charge in [-0.05, 0) is 54.0 Å². The van der Waals surface area contributed by atoms with Crippen molar-refractivity contribution in [3.05, 3.63) is 59.2 Å². The van der Waals surface area contributed by atoms with Crippen LogP contribution in [-0.4, -0.2) is 11.1 Å². The molecule has 0 saturated carbocycles. The predicted molar refractivity (Wildman–Crippen MR) is 101 cm³/mol. The van der Waals surface area contributed by atoms with Gasteiger partial charge in [0.2, 0.25) is 0 Å². The van der Waals surface area contributed by atoms with Crippen LogP contribution in [0, 0.1) is 0 Å². The maximum atomic E-state index is 11.6. The molecule has 0 aliphatic rings. The van der Waals surface area contributed by atoms with Gasteiger partial charge in [-0.3, -0.25) is 0 Å². The smallest absolute Gasteiger partial charge is 0.336 e. The highest BCUT2D eigenvalue weighted by atomic mass is 16.4. The van der Waals surface area contributed by atoms with E-state index in [1.807, 2.05) is 12.1 Å². The van der Waals surface area contributed by atoms with Crippen LogP contribution >= 0.6 is 0 Å². The topological polar surface area (TPSA) is 37.3 Å². The minimum atomic E-state index is -0.862. The monoisotopic (exact) mass is 324 g/mol. The molecule has 2 heteroatoms. The zero-order chi connectivity index (χ0) is 17.4. The molecule has 0 bridgehead atoms. The van der Waals surface area contributed by atoms with E-state index in [4.69, 9.17) is 0 Å². The van der Waals surface area contributed by atoms with Gasteiger partial charge in [-0.15, -0.1) is 0 Å². The van der Waals surface area contributed by atoms with Crippen LogP contribution in [0.25, 0.3) is 11.1 Å². The summed E-state index contributed by atoms with van der Waals surface area (Å²) in [7, 11) is 0. The van der Waals surface area contributed by atoms with Gasteiger partial charge in [0.15, 0.2) is 0 Å². The Bertz CT molecular complexity index is 656. The molecule has 0 fully saturated rings. The Balaban J connectivity index is 2.26. The van der Waals surface area contributed by atoms with Gasteiger partial charge in [-0.1, -0.05) is 69.5 Å². The molecule has 0 atom stereocenters. The van der Waals surface area contributed by atoms with Crippen LogP contribution in [0.4, 0.5) is 0 Å². The van der Waals surface area contributed by atoms with E-state index in [-0.39, 0.29) is 0 Å². The summed E-state index contributed by atoms with van der Waals surface area (Å²) < 4.78 is 0. The molecule has 0 aliphatic heterocycles. The largest absolute Gasteiger partial charge is 0.478 e. The second kappa shape index (κ2) is 9.27. The molecule has 0 aromatic heterocycles. The van der Waals surface area contributed by atoms with Crippen LogP contribution in [0.15, 0.2) is 42.5 Å². The van der Waals surface area contributed by atoms with Crippen molar-refractivity contribution < 1.29 is 9.90 Å². The third-order valence-corrected chi connectivity index (χ3v) is 4.47. The quantitative estimate of drug-likeness (QED) is 0.564. The molecule has 0 radical (unpaired) electrons. The molecule has 2 nitrogen and oxygen atoms in total. The molecule has 0 saturated heterocycles. The lowest BCUT2D eigenvalue weighted by Gasteiger charge is -2.10. The molecule has 0 amide bonds. The first kappa shape index (κ1) is 18.3. The van der Waals surface area contributed by atoms with Gasteiger partial charge in [0.25, 0.3) is 0 Å². The Morgan fingerprint density at radius 3 is 2.08 bits per heavy atom. The molecular weight excluding hydrogens is 296 g/mol. The first-order valence-corrected chi connectivity index (χ1v) is 9.11. The van der Waals surface area contributed by atoms with Crippen molar-refractivity contribution >= 4 is 5.97 Å². The van der Waals surface area contributed by atoms with E-state index in [1.54, 1.807) is 6.07 Å². The lowest BCUT2D eigenvalue weighted by Crippen LogP contribution is -2.01. The van der Waals surface area contributed by atoms with Crippen LogP contribution in [0.5, 0.6) is 0 Å². The van der Waals surface area contributed by atoms with Crippen molar-refractivity contribution in [1.29, 1.82) is 0 Å². The summed E-state index contributed by atoms with van der Waals surface area (Å²) in [6.07, 6.45) is 8.05. The second-order valence-corrected chi connectivity index (χ2v) is 6.44.